The highest BCUT2D eigenvalue weighted by Gasteiger charge is 2.32. The Balaban J connectivity index is 1.84. The highest BCUT2D eigenvalue weighted by atomic mass is 32.2. The van der Waals surface area contributed by atoms with Crippen LogP contribution >= 0.6 is 0 Å². The van der Waals surface area contributed by atoms with E-state index < -0.39 is 10.0 Å². The van der Waals surface area contributed by atoms with Gasteiger partial charge in [-0.3, -0.25) is 9.69 Å². The lowest BCUT2D eigenvalue weighted by Gasteiger charge is -2.25. The van der Waals surface area contributed by atoms with Crippen LogP contribution < -0.4 is 10.0 Å². The number of rotatable bonds is 3. The molecule has 0 radical (unpaired) electrons. The predicted molar refractivity (Wildman–Crippen MR) is 84.1 cm³/mol. The van der Waals surface area contributed by atoms with E-state index in [0.29, 0.717) is 13.0 Å². The summed E-state index contributed by atoms with van der Waals surface area (Å²) >= 11 is 0. The molecule has 1 fully saturated rings. The van der Waals surface area contributed by atoms with E-state index in [1.807, 2.05) is 6.92 Å². The molecule has 120 valence electrons. The zero-order valence-corrected chi connectivity index (χ0v) is 13.5. The van der Waals surface area contributed by atoms with Crippen molar-refractivity contribution in [3.63, 3.8) is 0 Å². The molecule has 0 aliphatic carbocycles. The first kappa shape index (κ1) is 15.5. The Morgan fingerprint density at radius 3 is 2.64 bits per heavy atom. The SMILES string of the molecule is C[C@H]1Cc2cc(S(N)(=O)=O)ccc2N1C(=O)CN1CCCC1. The average molecular weight is 323 g/mol. The molecule has 2 aliphatic heterocycles. The van der Waals surface area contributed by atoms with Gasteiger partial charge in [-0.15, -0.1) is 0 Å². The fourth-order valence-corrected chi connectivity index (χ4v) is 3.94. The Morgan fingerprint density at radius 2 is 2.00 bits per heavy atom. The molecule has 0 saturated carbocycles. The lowest BCUT2D eigenvalue weighted by atomic mass is 10.1. The second-order valence-corrected chi connectivity index (χ2v) is 7.70. The van der Waals surface area contributed by atoms with Gasteiger partial charge in [0.15, 0.2) is 0 Å². The number of amides is 1. The van der Waals surface area contributed by atoms with E-state index in [9.17, 15) is 13.2 Å². The van der Waals surface area contributed by atoms with Gasteiger partial charge in [0, 0.05) is 11.7 Å². The molecule has 0 unspecified atom stereocenters. The zero-order valence-electron chi connectivity index (χ0n) is 12.7. The van der Waals surface area contributed by atoms with Gasteiger partial charge in [-0.25, -0.2) is 13.6 Å². The molecule has 7 heteroatoms. The van der Waals surface area contributed by atoms with Crippen LogP contribution in [0.1, 0.15) is 25.3 Å². The summed E-state index contributed by atoms with van der Waals surface area (Å²) in [4.78, 5) is 16.7. The van der Waals surface area contributed by atoms with Gasteiger partial charge in [0.1, 0.15) is 0 Å². The van der Waals surface area contributed by atoms with Crippen molar-refractivity contribution in [3.8, 4) is 0 Å². The van der Waals surface area contributed by atoms with Crippen LogP contribution in [-0.4, -0.2) is 44.9 Å². The normalized spacial score (nSPS) is 22.1. The number of hydrogen-bond donors (Lipinski definition) is 1. The predicted octanol–water partition coefficient (Wildman–Crippen LogP) is 0.707. The largest absolute Gasteiger partial charge is 0.308 e. The van der Waals surface area contributed by atoms with Crippen LogP contribution in [0, 0.1) is 0 Å². The summed E-state index contributed by atoms with van der Waals surface area (Å²) in [5, 5.41) is 5.17. The molecule has 0 bridgehead atoms. The maximum Gasteiger partial charge on any atom is 0.241 e. The van der Waals surface area contributed by atoms with Crippen molar-refractivity contribution < 1.29 is 13.2 Å². The molecule has 1 aromatic carbocycles. The Labute approximate surface area is 130 Å². The number of benzene rings is 1. The maximum absolute atomic E-state index is 12.6. The van der Waals surface area contributed by atoms with Gasteiger partial charge >= 0.3 is 0 Å². The van der Waals surface area contributed by atoms with Gasteiger partial charge in [0.05, 0.1) is 11.4 Å². The fraction of sp³-hybridized carbons (Fsp3) is 0.533. The van der Waals surface area contributed by atoms with Crippen molar-refractivity contribution in [3.05, 3.63) is 23.8 Å². The minimum Gasteiger partial charge on any atom is -0.308 e. The van der Waals surface area contributed by atoms with Gasteiger partial charge in [0.25, 0.3) is 0 Å². The Morgan fingerprint density at radius 1 is 1.32 bits per heavy atom. The number of anilines is 1. The number of fused-ring (bicyclic) bond motifs is 1. The average Bonchev–Trinajstić information content (AvgIpc) is 3.02. The summed E-state index contributed by atoms with van der Waals surface area (Å²) < 4.78 is 22.9. The molecule has 6 nitrogen and oxygen atoms in total. The molecule has 1 saturated heterocycles. The highest BCUT2D eigenvalue weighted by Crippen LogP contribution is 2.33. The van der Waals surface area contributed by atoms with Crippen LogP contribution in [-0.2, 0) is 21.2 Å². The number of nitrogens with zero attached hydrogens (tertiary/aromatic N) is 2. The number of hydrogen-bond acceptors (Lipinski definition) is 4. The smallest absolute Gasteiger partial charge is 0.241 e. The summed E-state index contributed by atoms with van der Waals surface area (Å²) in [6, 6.07) is 4.80. The van der Waals surface area contributed by atoms with Crippen LogP contribution in [0.15, 0.2) is 23.1 Å². The number of primary sulfonamides is 1. The van der Waals surface area contributed by atoms with Crippen molar-refractivity contribution in [1.82, 2.24) is 4.90 Å². The Hall–Kier alpha value is -1.44. The van der Waals surface area contributed by atoms with Crippen molar-refractivity contribution in [2.75, 3.05) is 24.5 Å². The Bertz CT molecular complexity index is 696. The van der Waals surface area contributed by atoms with Crippen molar-refractivity contribution >= 4 is 21.6 Å². The summed E-state index contributed by atoms with van der Waals surface area (Å²) in [6.45, 7) is 4.37. The second-order valence-electron chi connectivity index (χ2n) is 6.14. The summed E-state index contributed by atoms with van der Waals surface area (Å²) in [7, 11) is -3.71. The van der Waals surface area contributed by atoms with E-state index in [0.717, 1.165) is 37.2 Å². The third-order valence-corrected chi connectivity index (χ3v) is 5.33. The molecule has 2 aliphatic rings. The number of carbonyl (C=O) groups excluding carboxylic acids is 1. The van der Waals surface area contributed by atoms with Gasteiger partial charge in [-0.05, 0) is 63.0 Å². The van der Waals surface area contributed by atoms with E-state index >= 15 is 0 Å². The summed E-state index contributed by atoms with van der Waals surface area (Å²) in [5.74, 6) is 0.0801. The van der Waals surface area contributed by atoms with Crippen LogP contribution in [0.3, 0.4) is 0 Å². The number of likely N-dealkylation sites (tertiary alicyclic amines) is 1. The quantitative estimate of drug-likeness (QED) is 0.888. The topological polar surface area (TPSA) is 83.7 Å². The second kappa shape index (κ2) is 5.64. The van der Waals surface area contributed by atoms with Crippen molar-refractivity contribution in [2.24, 2.45) is 5.14 Å². The minimum absolute atomic E-state index is 0.0424. The van der Waals surface area contributed by atoms with E-state index in [2.05, 4.69) is 4.90 Å². The monoisotopic (exact) mass is 323 g/mol. The highest BCUT2D eigenvalue weighted by molar-refractivity contribution is 7.89. The molecule has 0 spiro atoms. The molecule has 2 heterocycles. The molecule has 1 amide bonds. The maximum atomic E-state index is 12.6. The van der Waals surface area contributed by atoms with E-state index in [-0.39, 0.29) is 16.8 Å². The van der Waals surface area contributed by atoms with Crippen LogP contribution in [0.2, 0.25) is 0 Å². The third kappa shape index (κ3) is 2.88. The van der Waals surface area contributed by atoms with E-state index in [4.69, 9.17) is 5.14 Å². The van der Waals surface area contributed by atoms with Crippen LogP contribution in [0.4, 0.5) is 5.69 Å². The third-order valence-electron chi connectivity index (χ3n) is 4.42. The molecular formula is C15H21N3O3S. The van der Waals surface area contributed by atoms with Gasteiger partial charge in [-0.1, -0.05) is 0 Å². The number of sulfonamides is 1. The molecule has 3 rings (SSSR count). The van der Waals surface area contributed by atoms with Crippen LogP contribution in [0.5, 0.6) is 0 Å². The minimum atomic E-state index is -3.71. The first-order valence-corrected chi connectivity index (χ1v) is 9.11. The summed E-state index contributed by atoms with van der Waals surface area (Å²) in [6.07, 6.45) is 2.96. The lowest BCUT2D eigenvalue weighted by Crippen LogP contribution is -2.42. The van der Waals surface area contributed by atoms with E-state index in [1.54, 1.807) is 17.0 Å². The summed E-state index contributed by atoms with van der Waals surface area (Å²) in [5.41, 5.74) is 1.68. The van der Waals surface area contributed by atoms with Gasteiger partial charge in [0.2, 0.25) is 15.9 Å². The first-order valence-electron chi connectivity index (χ1n) is 7.56. The van der Waals surface area contributed by atoms with Crippen molar-refractivity contribution in [1.29, 1.82) is 0 Å². The molecule has 2 N–H and O–H groups in total. The Kier molecular flexibility index (Phi) is 3.96. The molecule has 22 heavy (non-hydrogen) atoms. The molecular weight excluding hydrogens is 302 g/mol. The molecule has 1 aromatic rings. The van der Waals surface area contributed by atoms with Gasteiger partial charge < -0.3 is 4.90 Å². The fourth-order valence-electron chi connectivity index (χ4n) is 3.37. The van der Waals surface area contributed by atoms with Crippen LogP contribution in [0.25, 0.3) is 0 Å². The zero-order chi connectivity index (χ0) is 15.9. The number of nitrogens with two attached hydrogens (primary N) is 1. The molecule has 1 atom stereocenters. The standard InChI is InChI=1S/C15H21N3O3S/c1-11-8-12-9-13(22(16,20)21)4-5-14(12)18(11)15(19)10-17-6-2-3-7-17/h4-5,9,11H,2-3,6-8,10H2,1H3,(H2,16,20,21)/t11-/m0/s1. The number of carbonyl (C=O) groups is 1. The van der Waals surface area contributed by atoms with E-state index in [1.165, 1.54) is 6.07 Å². The first-order chi connectivity index (χ1) is 10.4. The molecule has 0 aromatic heterocycles. The van der Waals surface area contributed by atoms with Crippen molar-refractivity contribution in [2.45, 2.75) is 37.1 Å². The van der Waals surface area contributed by atoms with Gasteiger partial charge in [-0.2, -0.15) is 0 Å². The lowest BCUT2D eigenvalue weighted by molar-refractivity contribution is -0.119.